The van der Waals surface area contributed by atoms with E-state index in [0.717, 1.165) is 0 Å². The van der Waals surface area contributed by atoms with Crippen LogP contribution < -0.4 is 5.73 Å². The van der Waals surface area contributed by atoms with E-state index in [9.17, 15) is 4.79 Å². The molecule has 60 valence electrons. The minimum Gasteiger partial charge on any atom is -0.381 e. The minimum atomic E-state index is -0.532. The van der Waals surface area contributed by atoms with E-state index in [1.165, 1.54) is 0 Å². The summed E-state index contributed by atoms with van der Waals surface area (Å²) in [5.41, 5.74) is 4.56. The molecule has 0 bridgehead atoms. The van der Waals surface area contributed by atoms with Gasteiger partial charge in [0.1, 0.15) is 0 Å². The first-order valence-corrected chi connectivity index (χ1v) is 3.38. The molecular formula is C7H15NO2. The lowest BCUT2D eigenvalue weighted by molar-refractivity contribution is -0.129. The van der Waals surface area contributed by atoms with Gasteiger partial charge in [0.25, 0.3) is 0 Å². The Hall–Kier alpha value is -0.570. The van der Waals surface area contributed by atoms with E-state index in [1.807, 2.05) is 6.92 Å². The Bertz CT molecular complexity index is 121. The molecule has 0 unspecified atom stereocenters. The van der Waals surface area contributed by atoms with Gasteiger partial charge in [-0.25, -0.2) is 0 Å². The van der Waals surface area contributed by atoms with Crippen molar-refractivity contribution in [2.75, 3.05) is 13.2 Å². The summed E-state index contributed by atoms with van der Waals surface area (Å²) >= 11 is 0. The first-order valence-electron chi connectivity index (χ1n) is 3.38. The number of carbonyl (C=O) groups is 1. The second-order valence-electron chi connectivity index (χ2n) is 2.89. The van der Waals surface area contributed by atoms with Crippen LogP contribution in [-0.2, 0) is 9.53 Å². The molecule has 0 heterocycles. The van der Waals surface area contributed by atoms with E-state index in [2.05, 4.69) is 0 Å². The first kappa shape index (κ1) is 9.43. The Morgan fingerprint density at radius 2 is 2.10 bits per heavy atom. The second kappa shape index (κ2) is 3.56. The Kier molecular flexibility index (Phi) is 3.36. The molecule has 1 amide bonds. The van der Waals surface area contributed by atoms with Crippen molar-refractivity contribution >= 4 is 5.91 Å². The molecule has 0 saturated heterocycles. The van der Waals surface area contributed by atoms with Crippen LogP contribution in [0.3, 0.4) is 0 Å². The number of nitrogens with two attached hydrogens (primary N) is 1. The lowest BCUT2D eigenvalue weighted by Crippen LogP contribution is -2.35. The summed E-state index contributed by atoms with van der Waals surface area (Å²) in [5, 5.41) is 0. The maximum atomic E-state index is 10.7. The van der Waals surface area contributed by atoms with Gasteiger partial charge in [0.05, 0.1) is 12.0 Å². The monoisotopic (exact) mass is 145 g/mol. The normalized spacial score (nSPS) is 11.5. The van der Waals surface area contributed by atoms with E-state index in [0.29, 0.717) is 13.2 Å². The molecule has 0 aromatic carbocycles. The highest BCUT2D eigenvalue weighted by Gasteiger charge is 2.24. The Balaban J connectivity index is 3.75. The molecule has 0 fully saturated rings. The van der Waals surface area contributed by atoms with Crippen molar-refractivity contribution in [1.29, 1.82) is 0 Å². The Labute approximate surface area is 61.5 Å². The number of rotatable bonds is 4. The molecule has 0 aromatic rings. The fourth-order valence-electron chi connectivity index (χ4n) is 0.428. The van der Waals surface area contributed by atoms with Crippen molar-refractivity contribution < 1.29 is 9.53 Å². The molecule has 3 heteroatoms. The molecule has 0 aliphatic rings. The Morgan fingerprint density at radius 1 is 1.60 bits per heavy atom. The predicted molar refractivity (Wildman–Crippen MR) is 39.5 cm³/mol. The van der Waals surface area contributed by atoms with Crippen LogP contribution in [0.1, 0.15) is 20.8 Å². The van der Waals surface area contributed by atoms with Gasteiger partial charge in [-0.15, -0.1) is 0 Å². The van der Waals surface area contributed by atoms with Crippen molar-refractivity contribution in [3.8, 4) is 0 Å². The molecule has 10 heavy (non-hydrogen) atoms. The maximum absolute atomic E-state index is 10.7. The minimum absolute atomic E-state index is 0.319. The molecule has 0 radical (unpaired) electrons. The zero-order chi connectivity index (χ0) is 8.20. The van der Waals surface area contributed by atoms with Gasteiger partial charge in [0, 0.05) is 6.61 Å². The third-order valence-corrected chi connectivity index (χ3v) is 1.33. The SMILES string of the molecule is CCOCC(C)(C)C(N)=O. The molecule has 0 saturated carbocycles. The third-order valence-electron chi connectivity index (χ3n) is 1.33. The van der Waals surface area contributed by atoms with E-state index in [4.69, 9.17) is 10.5 Å². The van der Waals surface area contributed by atoms with Gasteiger partial charge in [-0.3, -0.25) is 4.79 Å². The molecule has 0 aliphatic heterocycles. The number of primary amides is 1. The van der Waals surface area contributed by atoms with Crippen molar-refractivity contribution in [3.63, 3.8) is 0 Å². The smallest absolute Gasteiger partial charge is 0.225 e. The highest BCUT2D eigenvalue weighted by atomic mass is 16.5. The van der Waals surface area contributed by atoms with Gasteiger partial charge < -0.3 is 10.5 Å². The lowest BCUT2D eigenvalue weighted by Gasteiger charge is -2.19. The van der Waals surface area contributed by atoms with Crippen LogP contribution >= 0.6 is 0 Å². The zero-order valence-corrected chi connectivity index (χ0v) is 6.81. The number of hydrogen-bond acceptors (Lipinski definition) is 2. The molecule has 2 N–H and O–H groups in total. The highest BCUT2D eigenvalue weighted by molar-refractivity contribution is 5.80. The number of carbonyl (C=O) groups excluding carboxylic acids is 1. The van der Waals surface area contributed by atoms with Crippen LogP contribution in [0.5, 0.6) is 0 Å². The molecule has 0 aliphatic carbocycles. The van der Waals surface area contributed by atoms with Crippen molar-refractivity contribution in [1.82, 2.24) is 0 Å². The van der Waals surface area contributed by atoms with Crippen molar-refractivity contribution in [3.05, 3.63) is 0 Å². The number of amides is 1. The van der Waals surface area contributed by atoms with Crippen LogP contribution in [0.4, 0.5) is 0 Å². The zero-order valence-electron chi connectivity index (χ0n) is 6.81. The second-order valence-corrected chi connectivity index (χ2v) is 2.89. The number of hydrogen-bond donors (Lipinski definition) is 1. The maximum Gasteiger partial charge on any atom is 0.225 e. The fraction of sp³-hybridized carbons (Fsp3) is 0.857. The predicted octanol–water partition coefficient (Wildman–Crippen LogP) is 0.534. The van der Waals surface area contributed by atoms with Crippen LogP contribution in [0.2, 0.25) is 0 Å². The fourth-order valence-corrected chi connectivity index (χ4v) is 0.428. The summed E-state index contributed by atoms with van der Waals surface area (Å²) < 4.78 is 5.06. The van der Waals surface area contributed by atoms with Crippen LogP contribution in [0, 0.1) is 5.41 Å². The standard InChI is InChI=1S/C7H15NO2/c1-4-10-5-7(2,3)6(8)9/h4-5H2,1-3H3,(H2,8,9). The summed E-state index contributed by atoms with van der Waals surface area (Å²) in [6, 6.07) is 0. The van der Waals surface area contributed by atoms with Crippen LogP contribution in [0.25, 0.3) is 0 Å². The van der Waals surface area contributed by atoms with Crippen molar-refractivity contribution in [2.45, 2.75) is 20.8 Å². The highest BCUT2D eigenvalue weighted by Crippen LogP contribution is 2.13. The molecule has 3 nitrogen and oxygen atoms in total. The van der Waals surface area contributed by atoms with E-state index >= 15 is 0 Å². The van der Waals surface area contributed by atoms with Gasteiger partial charge in [-0.1, -0.05) is 0 Å². The first-order chi connectivity index (χ1) is 4.50. The molecule has 0 rings (SSSR count). The van der Waals surface area contributed by atoms with Crippen LogP contribution in [0.15, 0.2) is 0 Å². The summed E-state index contributed by atoms with van der Waals surface area (Å²) in [6.45, 7) is 6.45. The summed E-state index contributed by atoms with van der Waals surface area (Å²) in [6.07, 6.45) is 0. The van der Waals surface area contributed by atoms with Gasteiger partial charge in [0.15, 0.2) is 0 Å². The van der Waals surface area contributed by atoms with Gasteiger partial charge in [-0.2, -0.15) is 0 Å². The van der Waals surface area contributed by atoms with Gasteiger partial charge in [0.2, 0.25) is 5.91 Å². The average Bonchev–Trinajstić information content (AvgIpc) is 1.84. The largest absolute Gasteiger partial charge is 0.381 e. The van der Waals surface area contributed by atoms with E-state index in [1.54, 1.807) is 13.8 Å². The Morgan fingerprint density at radius 3 is 2.40 bits per heavy atom. The summed E-state index contributed by atoms with van der Waals surface area (Å²) in [5.74, 6) is -0.319. The van der Waals surface area contributed by atoms with Gasteiger partial charge >= 0.3 is 0 Å². The van der Waals surface area contributed by atoms with Crippen LogP contribution in [-0.4, -0.2) is 19.1 Å². The third kappa shape index (κ3) is 2.82. The van der Waals surface area contributed by atoms with E-state index < -0.39 is 5.41 Å². The number of ether oxygens (including phenoxy) is 1. The molecule has 0 aromatic heterocycles. The molecular weight excluding hydrogens is 130 g/mol. The quantitative estimate of drug-likeness (QED) is 0.627. The summed E-state index contributed by atoms with van der Waals surface area (Å²) in [7, 11) is 0. The lowest BCUT2D eigenvalue weighted by atomic mass is 9.94. The topological polar surface area (TPSA) is 52.3 Å². The van der Waals surface area contributed by atoms with Crippen molar-refractivity contribution in [2.24, 2.45) is 11.1 Å². The molecule has 0 atom stereocenters. The molecule has 0 spiro atoms. The van der Waals surface area contributed by atoms with Gasteiger partial charge in [-0.05, 0) is 20.8 Å². The van der Waals surface area contributed by atoms with E-state index in [-0.39, 0.29) is 5.91 Å². The summed E-state index contributed by atoms with van der Waals surface area (Å²) in [4.78, 5) is 10.7. The average molecular weight is 145 g/mol.